The molecule has 0 unspecified atom stereocenters. The van der Waals surface area contributed by atoms with Crippen LogP contribution in [0.1, 0.15) is 0 Å². The summed E-state index contributed by atoms with van der Waals surface area (Å²) >= 11 is 0. The summed E-state index contributed by atoms with van der Waals surface area (Å²) < 4.78 is 8.37. The molecule has 1 aliphatic heterocycles. The van der Waals surface area contributed by atoms with Crippen molar-refractivity contribution in [2.75, 3.05) is 16.8 Å². The molecule has 3 heterocycles. The van der Waals surface area contributed by atoms with Crippen LogP contribution in [0.5, 0.6) is 11.6 Å². The summed E-state index contributed by atoms with van der Waals surface area (Å²) in [5.74, 6) is 1.08. The summed E-state index contributed by atoms with van der Waals surface area (Å²) in [6, 6.07) is 65.3. The van der Waals surface area contributed by atoms with E-state index in [0.717, 1.165) is 61.7 Å². The molecule has 1 aliphatic rings. The van der Waals surface area contributed by atoms with Crippen LogP contribution in [0.3, 0.4) is 0 Å². The van der Waals surface area contributed by atoms with Crippen molar-refractivity contribution >= 4 is 40.2 Å². The smallest absolute Gasteiger partial charge is 0.216 e. The van der Waals surface area contributed by atoms with Gasteiger partial charge in [-0.2, -0.15) is 59.1 Å². The first-order chi connectivity index (χ1) is 26.2. The minimum atomic E-state index is -0.360. The Morgan fingerprint density at radius 1 is 0.611 bits per heavy atom. The second-order valence-electron chi connectivity index (χ2n) is 12.8. The zero-order valence-corrected chi connectivity index (χ0v) is 31.6. The molecule has 0 radical (unpaired) electrons. The van der Waals surface area contributed by atoms with Gasteiger partial charge in [0, 0.05) is 56.0 Å². The van der Waals surface area contributed by atoms with Crippen molar-refractivity contribution in [1.82, 2.24) is 14.8 Å². The molecular weight excluding hydrogens is 844 g/mol. The van der Waals surface area contributed by atoms with E-state index in [1.807, 2.05) is 48.5 Å². The molecule has 54 heavy (non-hydrogen) atoms. The van der Waals surface area contributed by atoms with Crippen LogP contribution in [-0.4, -0.2) is 28.5 Å². The first kappa shape index (κ1) is 34.9. The van der Waals surface area contributed by atoms with Crippen molar-refractivity contribution in [1.29, 1.82) is 0 Å². The molecule has 0 fully saturated rings. The first-order valence-electron chi connectivity index (χ1n) is 17.6. The molecule has 0 bridgehead atoms. The Morgan fingerprint density at radius 2 is 1.24 bits per heavy atom. The normalized spacial score (nSPS) is 11.9. The van der Waals surface area contributed by atoms with Crippen molar-refractivity contribution < 1.29 is 25.8 Å². The van der Waals surface area contributed by atoms with Crippen LogP contribution in [0.4, 0.5) is 17.1 Å². The van der Waals surface area contributed by atoms with Gasteiger partial charge in [0.05, 0.1) is 17.1 Å². The predicted molar refractivity (Wildman–Crippen MR) is 215 cm³/mol. The maximum Gasteiger partial charge on any atom is 0.216 e. The van der Waals surface area contributed by atoms with E-state index in [2.05, 4.69) is 167 Å². The van der Waals surface area contributed by atoms with Gasteiger partial charge in [0.1, 0.15) is 0 Å². The molecule has 0 spiro atoms. The van der Waals surface area contributed by atoms with E-state index >= 15 is 0 Å². The molecule has 0 atom stereocenters. The van der Waals surface area contributed by atoms with Crippen LogP contribution in [0, 0.1) is 18.8 Å². The summed E-state index contributed by atoms with van der Waals surface area (Å²) in [5.41, 5.74) is 11.0. The summed E-state index contributed by atoms with van der Waals surface area (Å²) in [7, 11) is 2.07. The maximum atomic E-state index is 6.28. The number of hydrogen-bond acceptors (Lipinski definition) is 5. The second kappa shape index (κ2) is 15.4. The molecule has 0 N–H and O–H groups in total. The third-order valence-electron chi connectivity index (χ3n) is 9.44. The number of benzene rings is 6. The molecule has 8 heteroatoms. The summed E-state index contributed by atoms with van der Waals surface area (Å²) in [6.07, 6.45) is 1.73. The van der Waals surface area contributed by atoms with Crippen molar-refractivity contribution in [3.63, 3.8) is 0 Å². The molecular formula is C46H33BN5OPt-3. The maximum absolute atomic E-state index is 6.28. The quantitative estimate of drug-likeness (QED) is 0.108. The number of para-hydroxylation sites is 3. The number of ether oxygens (including phenoxy) is 1. The van der Waals surface area contributed by atoms with Gasteiger partial charge in [-0.1, -0.05) is 97.1 Å². The van der Waals surface area contributed by atoms with E-state index in [1.54, 1.807) is 6.20 Å². The first-order valence-corrected chi connectivity index (χ1v) is 17.6. The Labute approximate surface area is 330 Å². The topological polar surface area (TPSA) is 46.4 Å². The largest absolute Gasteiger partial charge is 0.504 e. The summed E-state index contributed by atoms with van der Waals surface area (Å²) in [4.78, 5) is 8.76. The van der Waals surface area contributed by atoms with E-state index < -0.39 is 0 Å². The van der Waals surface area contributed by atoms with Crippen LogP contribution >= 0.6 is 0 Å². The van der Waals surface area contributed by atoms with Crippen LogP contribution in [0.15, 0.2) is 176 Å². The SMILES string of the molecule is CN1[CH-]N(c2[c-]c(B(c3[c-]c(Oc4ccccn4)ccc3)c3c(-c4ccccc4)nn(-c4ccccc4)c3-c3ccccc3)ccc2)c2ccccc21.[Pt]. The molecule has 6 nitrogen and oxygen atoms in total. The third kappa shape index (κ3) is 6.75. The fraction of sp³-hybridized carbons (Fsp3) is 0.0217. The standard InChI is InChI=1S/C46H33BN5O.Pt/c1-50-33-51(42-28-12-11-27-41(42)50)39-25-15-21-36(31-39)47(37-22-16-26-40(32-37)53-43-29-13-14-30-48-43)44-45(34-17-5-2-6-18-34)49-52(38-23-9-4-10-24-38)46(44)35-19-7-3-8-20-35;/h2-30,33H,1H3;/q-3;. The third-order valence-corrected chi connectivity index (χ3v) is 9.44. The number of nitrogens with zero attached hydrogens (tertiary/aromatic N) is 5. The Morgan fingerprint density at radius 3 is 1.96 bits per heavy atom. The van der Waals surface area contributed by atoms with Gasteiger partial charge < -0.3 is 14.5 Å². The zero-order valence-electron chi connectivity index (χ0n) is 29.4. The van der Waals surface area contributed by atoms with E-state index in [9.17, 15) is 0 Å². The average molecular weight is 878 g/mol. The summed E-state index contributed by atoms with van der Waals surface area (Å²) in [6.45, 7) is 1.75. The van der Waals surface area contributed by atoms with Gasteiger partial charge in [-0.3, -0.25) is 0 Å². The average Bonchev–Trinajstić information content (AvgIpc) is 3.78. The minimum absolute atomic E-state index is 0. The van der Waals surface area contributed by atoms with Crippen molar-refractivity contribution in [3.05, 3.63) is 195 Å². The van der Waals surface area contributed by atoms with Gasteiger partial charge in [0.15, 0.2) is 6.71 Å². The molecule has 0 aliphatic carbocycles. The van der Waals surface area contributed by atoms with Gasteiger partial charge in [0.2, 0.25) is 5.88 Å². The fourth-order valence-corrected chi connectivity index (χ4v) is 7.07. The van der Waals surface area contributed by atoms with Crippen LogP contribution in [0.25, 0.3) is 28.2 Å². The number of pyridine rings is 1. The monoisotopic (exact) mass is 877 g/mol. The van der Waals surface area contributed by atoms with Crippen molar-refractivity contribution in [2.24, 2.45) is 0 Å². The Kier molecular flexibility index (Phi) is 9.97. The number of anilines is 3. The molecule has 0 saturated carbocycles. The molecule has 2 aromatic heterocycles. The van der Waals surface area contributed by atoms with E-state index in [0.29, 0.717) is 11.6 Å². The van der Waals surface area contributed by atoms with Gasteiger partial charge in [-0.05, 0) is 48.4 Å². The molecule has 9 rings (SSSR count). The number of fused-ring (bicyclic) bond motifs is 1. The van der Waals surface area contributed by atoms with E-state index in [1.165, 1.54) is 0 Å². The molecule has 0 amide bonds. The van der Waals surface area contributed by atoms with Crippen LogP contribution in [-0.2, 0) is 21.1 Å². The van der Waals surface area contributed by atoms with Crippen molar-refractivity contribution in [3.8, 4) is 39.8 Å². The van der Waals surface area contributed by atoms with E-state index in [4.69, 9.17) is 9.84 Å². The summed E-state index contributed by atoms with van der Waals surface area (Å²) in [5, 5.41) is 5.45. The Balaban J connectivity index is 0.00000413. The van der Waals surface area contributed by atoms with Crippen LogP contribution in [0.2, 0.25) is 0 Å². The fourth-order valence-electron chi connectivity index (χ4n) is 7.07. The Hall–Kier alpha value is -6.17. The van der Waals surface area contributed by atoms with Gasteiger partial charge in [-0.15, -0.1) is 17.8 Å². The molecule has 8 aromatic rings. The minimum Gasteiger partial charge on any atom is -0.504 e. The zero-order chi connectivity index (χ0) is 35.6. The van der Waals surface area contributed by atoms with Gasteiger partial charge in [-0.25, -0.2) is 9.67 Å². The van der Waals surface area contributed by atoms with Gasteiger partial charge >= 0.3 is 0 Å². The molecule has 6 aromatic carbocycles. The number of aromatic nitrogens is 3. The second-order valence-corrected chi connectivity index (χ2v) is 12.8. The molecule has 264 valence electrons. The number of hydrogen-bond donors (Lipinski definition) is 0. The number of rotatable bonds is 9. The predicted octanol–water partition coefficient (Wildman–Crippen LogP) is 8.21. The van der Waals surface area contributed by atoms with Crippen molar-refractivity contribution in [2.45, 2.75) is 0 Å². The Bertz CT molecular complexity index is 2500. The van der Waals surface area contributed by atoms with E-state index in [-0.39, 0.29) is 27.8 Å². The van der Waals surface area contributed by atoms with Gasteiger partial charge in [0.25, 0.3) is 0 Å². The molecule has 0 saturated heterocycles. The van der Waals surface area contributed by atoms with Crippen LogP contribution < -0.4 is 30.9 Å².